The largest absolute Gasteiger partial charge is 0.338 e. The van der Waals surface area contributed by atoms with E-state index in [0.717, 1.165) is 73.8 Å². The van der Waals surface area contributed by atoms with Crippen LogP contribution in [0.15, 0.2) is 48.9 Å². The molecule has 2 aliphatic rings. The van der Waals surface area contributed by atoms with Gasteiger partial charge in [0.1, 0.15) is 0 Å². The molecular weight excluding hydrogens is 374 g/mol. The van der Waals surface area contributed by atoms with E-state index in [-0.39, 0.29) is 0 Å². The van der Waals surface area contributed by atoms with Gasteiger partial charge >= 0.3 is 0 Å². The van der Waals surface area contributed by atoms with E-state index >= 15 is 0 Å². The molecule has 0 bridgehead atoms. The Labute approximate surface area is 174 Å². The molecule has 0 amide bonds. The molecule has 1 aliphatic carbocycles. The first-order valence-corrected chi connectivity index (χ1v) is 10.5. The van der Waals surface area contributed by atoms with Gasteiger partial charge in [0.15, 0.2) is 5.65 Å². The summed E-state index contributed by atoms with van der Waals surface area (Å²) in [6, 6.07) is 10.7. The molecule has 1 saturated heterocycles. The van der Waals surface area contributed by atoms with E-state index in [4.69, 9.17) is 9.97 Å². The van der Waals surface area contributed by atoms with Gasteiger partial charge in [-0.05, 0) is 24.0 Å². The molecule has 150 valence electrons. The number of aromatic nitrogens is 5. The predicted molar refractivity (Wildman–Crippen MR) is 116 cm³/mol. The third kappa shape index (κ3) is 3.02. The van der Waals surface area contributed by atoms with Crippen molar-refractivity contribution in [2.75, 3.05) is 31.1 Å². The Morgan fingerprint density at radius 2 is 1.77 bits per heavy atom. The van der Waals surface area contributed by atoms with Crippen LogP contribution in [0.2, 0.25) is 0 Å². The van der Waals surface area contributed by atoms with Gasteiger partial charge in [-0.15, -0.1) is 0 Å². The Hall–Kier alpha value is -3.32. The molecule has 4 heterocycles. The number of nitrogens with zero attached hydrogens (tertiary/aromatic N) is 6. The molecule has 30 heavy (non-hydrogen) atoms. The van der Waals surface area contributed by atoms with Gasteiger partial charge < -0.3 is 4.90 Å². The molecule has 7 heteroatoms. The number of anilines is 1. The first kappa shape index (κ1) is 17.5. The molecule has 6 rings (SSSR count). The summed E-state index contributed by atoms with van der Waals surface area (Å²) >= 11 is 0. The van der Waals surface area contributed by atoms with E-state index in [1.807, 2.05) is 18.6 Å². The zero-order chi connectivity index (χ0) is 19.9. The van der Waals surface area contributed by atoms with Crippen molar-refractivity contribution in [2.24, 2.45) is 0 Å². The zero-order valence-electron chi connectivity index (χ0n) is 16.8. The first-order valence-electron chi connectivity index (χ1n) is 10.5. The third-order valence-electron chi connectivity index (χ3n) is 6.22. The lowest BCUT2D eigenvalue weighted by molar-refractivity contribution is 0.248. The summed E-state index contributed by atoms with van der Waals surface area (Å²) in [6.07, 6.45) is 7.70. The van der Waals surface area contributed by atoms with Crippen molar-refractivity contribution in [3.8, 4) is 11.1 Å². The highest BCUT2D eigenvalue weighted by molar-refractivity contribution is 5.95. The second-order valence-corrected chi connectivity index (χ2v) is 8.07. The lowest BCUT2D eigenvalue weighted by atomic mass is 9.89. The van der Waals surface area contributed by atoms with Gasteiger partial charge in [-0.2, -0.15) is 5.10 Å². The third-order valence-corrected chi connectivity index (χ3v) is 6.22. The Bertz CT molecular complexity index is 1190. The van der Waals surface area contributed by atoms with Crippen molar-refractivity contribution >= 4 is 17.0 Å². The molecule has 7 nitrogen and oxygen atoms in total. The predicted octanol–water partition coefficient (Wildman–Crippen LogP) is 2.84. The van der Waals surface area contributed by atoms with E-state index in [0.29, 0.717) is 0 Å². The number of benzene rings is 1. The van der Waals surface area contributed by atoms with Gasteiger partial charge in [-0.3, -0.25) is 10.00 Å². The first-order chi connectivity index (χ1) is 14.8. The number of hydrogen-bond acceptors (Lipinski definition) is 6. The Morgan fingerprint density at radius 1 is 0.900 bits per heavy atom. The van der Waals surface area contributed by atoms with Crippen LogP contribution in [0.5, 0.6) is 0 Å². The minimum Gasteiger partial charge on any atom is -0.338 e. The molecule has 0 atom stereocenters. The number of aromatic amines is 1. The number of rotatable bonds is 3. The van der Waals surface area contributed by atoms with Crippen LogP contribution in [-0.4, -0.2) is 56.2 Å². The molecule has 0 saturated carbocycles. The maximum absolute atomic E-state index is 4.98. The van der Waals surface area contributed by atoms with Crippen LogP contribution in [0.4, 0.5) is 5.95 Å². The molecular formula is C23H23N7. The van der Waals surface area contributed by atoms with Crippen LogP contribution in [0.1, 0.15) is 16.8 Å². The van der Waals surface area contributed by atoms with Crippen molar-refractivity contribution < 1.29 is 0 Å². The number of H-pyrrole nitrogens is 1. The van der Waals surface area contributed by atoms with Crippen molar-refractivity contribution in [3.63, 3.8) is 0 Å². The molecule has 3 aromatic heterocycles. The van der Waals surface area contributed by atoms with Crippen LogP contribution in [-0.2, 0) is 19.4 Å². The van der Waals surface area contributed by atoms with E-state index in [1.54, 1.807) is 0 Å². The second-order valence-electron chi connectivity index (χ2n) is 8.07. The Balaban J connectivity index is 1.22. The molecule has 4 aromatic rings. The van der Waals surface area contributed by atoms with Gasteiger partial charge in [0.25, 0.3) is 0 Å². The van der Waals surface area contributed by atoms with Crippen LogP contribution >= 0.6 is 0 Å². The summed E-state index contributed by atoms with van der Waals surface area (Å²) < 4.78 is 0. The number of aryl methyl sites for hydroxylation is 2. The van der Waals surface area contributed by atoms with Gasteiger partial charge in [0.2, 0.25) is 5.95 Å². The fraction of sp³-hybridized carbons (Fsp3) is 0.304. The number of hydrogen-bond donors (Lipinski definition) is 1. The molecule has 1 aliphatic heterocycles. The highest BCUT2D eigenvalue weighted by atomic mass is 15.3. The minimum atomic E-state index is 0.820. The fourth-order valence-electron chi connectivity index (χ4n) is 4.61. The highest BCUT2D eigenvalue weighted by Gasteiger charge is 2.24. The maximum Gasteiger partial charge on any atom is 0.225 e. The van der Waals surface area contributed by atoms with E-state index < -0.39 is 0 Å². The summed E-state index contributed by atoms with van der Waals surface area (Å²) in [5, 5.41) is 8.19. The smallest absolute Gasteiger partial charge is 0.225 e. The summed E-state index contributed by atoms with van der Waals surface area (Å²) in [5.41, 5.74) is 6.89. The summed E-state index contributed by atoms with van der Waals surface area (Å²) in [6.45, 7) is 4.97. The summed E-state index contributed by atoms with van der Waals surface area (Å²) in [7, 11) is 0. The molecule has 0 unspecified atom stereocenters. The van der Waals surface area contributed by atoms with E-state index in [9.17, 15) is 0 Å². The van der Waals surface area contributed by atoms with Gasteiger partial charge in [-0.1, -0.05) is 30.3 Å². The van der Waals surface area contributed by atoms with Crippen LogP contribution in [0.25, 0.3) is 22.2 Å². The number of pyridine rings is 1. The molecule has 1 fully saturated rings. The van der Waals surface area contributed by atoms with Gasteiger partial charge in [0, 0.05) is 61.6 Å². The fourth-order valence-corrected chi connectivity index (χ4v) is 4.61. The Kier molecular flexibility index (Phi) is 4.19. The van der Waals surface area contributed by atoms with E-state index in [2.05, 4.69) is 55.3 Å². The quantitative estimate of drug-likeness (QED) is 0.573. The van der Waals surface area contributed by atoms with E-state index in [1.165, 1.54) is 16.7 Å². The molecule has 1 aromatic carbocycles. The lowest BCUT2D eigenvalue weighted by Gasteiger charge is -2.35. The standard InChI is InChI=1S/C23H23N7/c1-2-4-16(5-3-1)15-29-8-10-30(11-9-29)23-25-13-18-20(27-23)7-6-17-12-24-22-19(21(17)18)14-26-28-22/h1-5,12-14H,6-11,15H2,(H,24,26,28). The number of piperazine rings is 1. The lowest BCUT2D eigenvalue weighted by Crippen LogP contribution is -2.46. The topological polar surface area (TPSA) is 73.8 Å². The van der Waals surface area contributed by atoms with Crippen molar-refractivity contribution in [1.82, 2.24) is 30.0 Å². The summed E-state index contributed by atoms with van der Waals surface area (Å²) in [4.78, 5) is 19.0. The SMILES string of the molecule is c1ccc(CN2CCN(c3ncc4c(n3)CCc3cnc5[nH]ncc5c3-4)CC2)cc1. The minimum absolute atomic E-state index is 0.820. The average molecular weight is 397 g/mol. The molecule has 0 radical (unpaired) electrons. The number of fused-ring (bicyclic) bond motifs is 5. The number of nitrogens with one attached hydrogen (secondary N) is 1. The normalized spacial score (nSPS) is 16.5. The Morgan fingerprint density at radius 3 is 2.63 bits per heavy atom. The maximum atomic E-state index is 4.98. The van der Waals surface area contributed by atoms with Crippen molar-refractivity contribution in [1.29, 1.82) is 0 Å². The molecule has 1 N–H and O–H groups in total. The van der Waals surface area contributed by atoms with Crippen LogP contribution in [0, 0.1) is 0 Å². The zero-order valence-corrected chi connectivity index (χ0v) is 16.8. The van der Waals surface area contributed by atoms with Gasteiger partial charge in [-0.25, -0.2) is 15.0 Å². The van der Waals surface area contributed by atoms with Crippen LogP contribution < -0.4 is 4.90 Å². The molecule has 0 spiro atoms. The highest BCUT2D eigenvalue weighted by Crippen LogP contribution is 2.36. The van der Waals surface area contributed by atoms with Crippen LogP contribution in [0.3, 0.4) is 0 Å². The van der Waals surface area contributed by atoms with Crippen molar-refractivity contribution in [2.45, 2.75) is 19.4 Å². The second kappa shape index (κ2) is 7.18. The van der Waals surface area contributed by atoms with Crippen molar-refractivity contribution in [3.05, 3.63) is 65.7 Å². The average Bonchev–Trinajstić information content (AvgIpc) is 3.29. The summed E-state index contributed by atoms with van der Waals surface area (Å²) in [5.74, 6) is 0.856. The van der Waals surface area contributed by atoms with Gasteiger partial charge in [0.05, 0.1) is 11.9 Å². The monoisotopic (exact) mass is 397 g/mol.